The van der Waals surface area contributed by atoms with E-state index in [0.717, 1.165) is 0 Å². The van der Waals surface area contributed by atoms with Crippen molar-refractivity contribution in [2.75, 3.05) is 0 Å². The number of nitrogens with one attached hydrogen (secondary N) is 2. The molecule has 0 aliphatic rings. The number of carbonyl (C=O) groups excluding carboxylic acids is 1. The fourth-order valence-corrected chi connectivity index (χ4v) is 1.76. The number of imidazole rings is 1. The van der Waals surface area contributed by atoms with Gasteiger partial charge in [0.2, 0.25) is 5.91 Å². The van der Waals surface area contributed by atoms with E-state index in [1.54, 1.807) is 24.3 Å². The number of hydrogen-bond donors (Lipinski definition) is 3. The molecule has 7 heteroatoms. The molecular weight excluding hydrogens is 250 g/mol. The Morgan fingerprint density at radius 1 is 1.42 bits per heavy atom. The monoisotopic (exact) mass is 263 g/mol. The number of benzene rings is 1. The van der Waals surface area contributed by atoms with Gasteiger partial charge in [0.1, 0.15) is 12.6 Å². The molecule has 0 spiro atoms. The van der Waals surface area contributed by atoms with Crippen LogP contribution in [0.2, 0.25) is 0 Å². The lowest BCUT2D eigenvalue weighted by Crippen LogP contribution is -2.41. The lowest BCUT2D eigenvalue weighted by molar-refractivity contribution is -0.141. The Balaban J connectivity index is 2.22. The quantitative estimate of drug-likeness (QED) is 0.717. The Hall–Kier alpha value is -2.57. The number of para-hydroxylation sites is 2. The Morgan fingerprint density at radius 2 is 2.11 bits per heavy atom. The summed E-state index contributed by atoms with van der Waals surface area (Å²) < 4.78 is 1.26. The SMILES string of the molecule is C[C@@H](NC(=O)Cn1c(=O)[nH]c2ccccc21)C(=O)O. The van der Waals surface area contributed by atoms with Crippen molar-refractivity contribution < 1.29 is 14.7 Å². The van der Waals surface area contributed by atoms with Crippen LogP contribution in [-0.4, -0.2) is 32.6 Å². The minimum Gasteiger partial charge on any atom is -0.480 e. The van der Waals surface area contributed by atoms with E-state index in [9.17, 15) is 14.4 Å². The summed E-state index contributed by atoms with van der Waals surface area (Å²) in [7, 11) is 0. The first kappa shape index (κ1) is 12.9. The number of aromatic nitrogens is 2. The van der Waals surface area contributed by atoms with Gasteiger partial charge < -0.3 is 15.4 Å². The zero-order valence-corrected chi connectivity index (χ0v) is 10.2. The molecule has 0 unspecified atom stereocenters. The molecular formula is C12H13N3O4. The van der Waals surface area contributed by atoms with Gasteiger partial charge in [0.25, 0.3) is 0 Å². The van der Waals surface area contributed by atoms with Gasteiger partial charge in [-0.05, 0) is 19.1 Å². The number of H-pyrrole nitrogens is 1. The lowest BCUT2D eigenvalue weighted by atomic mass is 10.3. The molecule has 1 atom stereocenters. The van der Waals surface area contributed by atoms with E-state index in [-0.39, 0.29) is 6.54 Å². The van der Waals surface area contributed by atoms with Crippen LogP contribution in [0.3, 0.4) is 0 Å². The van der Waals surface area contributed by atoms with Crippen LogP contribution in [0.1, 0.15) is 6.92 Å². The Bertz CT molecular complexity index is 686. The maximum atomic E-state index is 11.7. The number of carboxylic acids is 1. The number of fused-ring (bicyclic) bond motifs is 1. The molecule has 1 amide bonds. The standard InChI is InChI=1S/C12H13N3O4/c1-7(11(17)18)13-10(16)6-15-9-5-3-2-4-8(9)14-12(15)19/h2-5,7H,6H2,1H3,(H,13,16)(H,14,19)(H,17,18)/t7-/m1/s1. The molecule has 7 nitrogen and oxygen atoms in total. The average Bonchev–Trinajstić information content (AvgIpc) is 2.66. The molecule has 19 heavy (non-hydrogen) atoms. The highest BCUT2D eigenvalue weighted by atomic mass is 16.4. The molecule has 0 aliphatic heterocycles. The molecule has 0 saturated carbocycles. The summed E-state index contributed by atoms with van der Waals surface area (Å²) in [4.78, 5) is 36.6. The first-order valence-corrected chi connectivity index (χ1v) is 5.69. The maximum Gasteiger partial charge on any atom is 0.326 e. The van der Waals surface area contributed by atoms with Crippen LogP contribution in [-0.2, 0) is 16.1 Å². The van der Waals surface area contributed by atoms with Crippen molar-refractivity contribution in [1.82, 2.24) is 14.9 Å². The summed E-state index contributed by atoms with van der Waals surface area (Å²) in [6.07, 6.45) is 0. The highest BCUT2D eigenvalue weighted by Gasteiger charge is 2.16. The molecule has 2 aromatic rings. The summed E-state index contributed by atoms with van der Waals surface area (Å²) in [5, 5.41) is 11.0. The normalized spacial score (nSPS) is 12.3. The van der Waals surface area contributed by atoms with Crippen LogP contribution in [0.25, 0.3) is 11.0 Å². The number of carboxylic acid groups (broad SMARTS) is 1. The maximum absolute atomic E-state index is 11.7. The summed E-state index contributed by atoms with van der Waals surface area (Å²) in [6.45, 7) is 1.14. The largest absolute Gasteiger partial charge is 0.480 e. The van der Waals surface area contributed by atoms with Gasteiger partial charge in [0.05, 0.1) is 11.0 Å². The van der Waals surface area contributed by atoms with Crippen molar-refractivity contribution in [3.05, 3.63) is 34.7 Å². The second-order valence-corrected chi connectivity index (χ2v) is 4.16. The van der Waals surface area contributed by atoms with Gasteiger partial charge in [-0.2, -0.15) is 0 Å². The van der Waals surface area contributed by atoms with Crippen molar-refractivity contribution in [1.29, 1.82) is 0 Å². The van der Waals surface area contributed by atoms with Crippen LogP contribution in [0.15, 0.2) is 29.1 Å². The lowest BCUT2D eigenvalue weighted by Gasteiger charge is -2.09. The van der Waals surface area contributed by atoms with Crippen molar-refractivity contribution in [3.8, 4) is 0 Å². The zero-order valence-electron chi connectivity index (χ0n) is 10.2. The predicted octanol–water partition coefficient (Wildman–Crippen LogP) is -0.0811. The van der Waals surface area contributed by atoms with Gasteiger partial charge in [-0.15, -0.1) is 0 Å². The van der Waals surface area contributed by atoms with Crippen molar-refractivity contribution in [2.24, 2.45) is 0 Å². The van der Waals surface area contributed by atoms with E-state index < -0.39 is 23.6 Å². The number of carbonyl (C=O) groups is 2. The van der Waals surface area contributed by atoms with Gasteiger partial charge in [-0.1, -0.05) is 12.1 Å². The highest BCUT2D eigenvalue weighted by Crippen LogP contribution is 2.08. The summed E-state index contributed by atoms with van der Waals surface area (Å²) in [5.74, 6) is -1.65. The van der Waals surface area contributed by atoms with Crippen LogP contribution in [0.5, 0.6) is 0 Å². The number of amides is 1. The van der Waals surface area contributed by atoms with Crippen molar-refractivity contribution in [2.45, 2.75) is 19.5 Å². The van der Waals surface area contributed by atoms with Gasteiger partial charge in [0.15, 0.2) is 0 Å². The number of aliphatic carboxylic acids is 1. The molecule has 0 radical (unpaired) electrons. The third-order valence-corrected chi connectivity index (χ3v) is 2.73. The summed E-state index contributed by atoms with van der Waals surface area (Å²) in [5.41, 5.74) is 0.830. The van der Waals surface area contributed by atoms with E-state index >= 15 is 0 Å². The van der Waals surface area contributed by atoms with Crippen molar-refractivity contribution in [3.63, 3.8) is 0 Å². The third-order valence-electron chi connectivity index (χ3n) is 2.73. The topological polar surface area (TPSA) is 104 Å². The molecule has 100 valence electrons. The average molecular weight is 263 g/mol. The molecule has 2 rings (SSSR count). The fourth-order valence-electron chi connectivity index (χ4n) is 1.76. The molecule has 3 N–H and O–H groups in total. The Labute approximate surface area is 107 Å². The van der Waals surface area contributed by atoms with E-state index in [4.69, 9.17) is 5.11 Å². The Kier molecular flexibility index (Phi) is 3.37. The summed E-state index contributed by atoms with van der Waals surface area (Å²) in [6, 6.07) is 5.97. The number of nitrogens with zero attached hydrogens (tertiary/aromatic N) is 1. The minimum absolute atomic E-state index is 0.222. The first-order valence-electron chi connectivity index (χ1n) is 5.69. The van der Waals surface area contributed by atoms with E-state index in [1.165, 1.54) is 11.5 Å². The van der Waals surface area contributed by atoms with E-state index in [1.807, 2.05) is 0 Å². The predicted molar refractivity (Wildman–Crippen MR) is 67.8 cm³/mol. The third kappa shape index (κ3) is 2.65. The number of rotatable bonds is 4. The fraction of sp³-hybridized carbons (Fsp3) is 0.250. The number of aromatic amines is 1. The Morgan fingerprint density at radius 3 is 2.79 bits per heavy atom. The minimum atomic E-state index is -1.13. The smallest absolute Gasteiger partial charge is 0.326 e. The molecule has 0 aliphatic carbocycles. The van der Waals surface area contributed by atoms with Gasteiger partial charge >= 0.3 is 11.7 Å². The van der Waals surface area contributed by atoms with Crippen LogP contribution >= 0.6 is 0 Å². The van der Waals surface area contributed by atoms with Crippen LogP contribution < -0.4 is 11.0 Å². The van der Waals surface area contributed by atoms with Gasteiger partial charge in [-0.3, -0.25) is 14.2 Å². The molecule has 0 fully saturated rings. The second-order valence-electron chi connectivity index (χ2n) is 4.16. The van der Waals surface area contributed by atoms with Crippen molar-refractivity contribution >= 4 is 22.9 Å². The molecule has 1 heterocycles. The zero-order chi connectivity index (χ0) is 14.0. The van der Waals surface area contributed by atoms with E-state index in [2.05, 4.69) is 10.3 Å². The van der Waals surface area contributed by atoms with E-state index in [0.29, 0.717) is 11.0 Å². The molecule has 1 aromatic heterocycles. The highest BCUT2D eigenvalue weighted by molar-refractivity contribution is 5.84. The van der Waals surface area contributed by atoms with Crippen LogP contribution in [0, 0.1) is 0 Å². The molecule has 1 aromatic carbocycles. The number of hydrogen-bond acceptors (Lipinski definition) is 3. The molecule has 0 saturated heterocycles. The summed E-state index contributed by atoms with van der Waals surface area (Å²) >= 11 is 0. The van der Waals surface area contributed by atoms with Gasteiger partial charge in [0, 0.05) is 0 Å². The van der Waals surface area contributed by atoms with Gasteiger partial charge in [-0.25, -0.2) is 4.79 Å². The molecule has 0 bridgehead atoms. The second kappa shape index (κ2) is 4.97. The first-order chi connectivity index (χ1) is 8.99. The van der Waals surface area contributed by atoms with Crippen LogP contribution in [0.4, 0.5) is 0 Å².